The number of carbonyl (C=O) groups excluding carboxylic acids is 4. The minimum Gasteiger partial charge on any atom is -0.550 e. The molecule has 14 nitrogen and oxygen atoms in total. The largest absolute Gasteiger partial charge is 2.00 e. The van der Waals surface area contributed by atoms with Crippen LogP contribution in [-0.4, -0.2) is 115 Å². The van der Waals surface area contributed by atoms with E-state index < -0.39 is 84.3 Å². The molecule has 440 valence electrons. The SMILES string of the molecule is CC(C)c1c(C(=O)Nc2ccc(F)cc2)c(-c2ccccc2)c(-c2ccc(F)cc2)n1CC[C@@H](O)C[C@@H](O)CC(=O)[O-].CC(C)c1c(C(=O)Nc2ccc(F)cc2)c(-c2ccccc2)c(-c2ccc(F)cc2)n1CC[C@@H](O)C[C@@H](O)CC(=O)[O-].[Ca+2]. The molecular formula is C66H66CaF4N4O10. The average molecular weight is 1190 g/mol. The van der Waals surface area contributed by atoms with Crippen LogP contribution < -0.4 is 20.8 Å². The number of hydrogen-bond acceptors (Lipinski definition) is 10. The Morgan fingerprint density at radius 1 is 0.435 bits per heavy atom. The molecule has 4 atom stereocenters. The maximum Gasteiger partial charge on any atom is 2.00 e. The van der Waals surface area contributed by atoms with Gasteiger partial charge in [0.25, 0.3) is 11.8 Å². The molecular weight excluding hydrogens is 1120 g/mol. The van der Waals surface area contributed by atoms with E-state index in [1.54, 1.807) is 24.3 Å². The van der Waals surface area contributed by atoms with Gasteiger partial charge in [0.15, 0.2) is 0 Å². The number of hydrogen-bond donors (Lipinski definition) is 6. The number of aliphatic hydroxyl groups excluding tert-OH is 4. The molecule has 0 saturated heterocycles. The molecule has 0 saturated carbocycles. The van der Waals surface area contributed by atoms with E-state index in [-0.39, 0.29) is 88.3 Å². The number of nitrogens with zero attached hydrogens (tertiary/aromatic N) is 2. The first-order valence-corrected chi connectivity index (χ1v) is 27.5. The van der Waals surface area contributed by atoms with Gasteiger partial charge in [0, 0.05) is 71.8 Å². The van der Waals surface area contributed by atoms with Gasteiger partial charge in [-0.3, -0.25) is 9.59 Å². The number of nitrogens with one attached hydrogen (secondary N) is 2. The predicted octanol–water partition coefficient (Wildman–Crippen LogP) is 9.86. The molecule has 6 N–H and O–H groups in total. The summed E-state index contributed by atoms with van der Waals surface area (Å²) in [6.45, 7) is 8.16. The van der Waals surface area contributed by atoms with Crippen molar-refractivity contribution in [3.05, 3.63) is 204 Å². The number of halogens is 4. The fourth-order valence-electron chi connectivity index (χ4n) is 10.4. The summed E-state index contributed by atoms with van der Waals surface area (Å²) in [5, 5.41) is 68.9. The van der Waals surface area contributed by atoms with Gasteiger partial charge in [-0.1, -0.05) is 88.4 Å². The first-order chi connectivity index (χ1) is 40.1. The van der Waals surface area contributed by atoms with Crippen molar-refractivity contribution < 1.29 is 67.4 Å². The van der Waals surface area contributed by atoms with Crippen molar-refractivity contribution in [3.8, 4) is 44.8 Å². The van der Waals surface area contributed by atoms with E-state index in [4.69, 9.17) is 0 Å². The van der Waals surface area contributed by atoms with Crippen molar-refractivity contribution in [2.75, 3.05) is 10.6 Å². The molecule has 2 heterocycles. The fourth-order valence-corrected chi connectivity index (χ4v) is 10.4. The van der Waals surface area contributed by atoms with Gasteiger partial charge in [0.05, 0.1) is 46.9 Å². The second-order valence-electron chi connectivity index (χ2n) is 21.1. The Labute approximate surface area is 520 Å². The van der Waals surface area contributed by atoms with E-state index in [9.17, 15) is 67.4 Å². The van der Waals surface area contributed by atoms with Crippen molar-refractivity contribution in [2.24, 2.45) is 0 Å². The van der Waals surface area contributed by atoms with E-state index in [2.05, 4.69) is 10.6 Å². The molecule has 0 aliphatic heterocycles. The van der Waals surface area contributed by atoms with Gasteiger partial charge >= 0.3 is 37.7 Å². The zero-order chi connectivity index (χ0) is 60.8. The van der Waals surface area contributed by atoms with Gasteiger partial charge in [0.2, 0.25) is 0 Å². The molecule has 0 aliphatic carbocycles. The third-order valence-corrected chi connectivity index (χ3v) is 14.0. The molecule has 0 radical (unpaired) electrons. The molecule has 19 heteroatoms. The summed E-state index contributed by atoms with van der Waals surface area (Å²) in [6.07, 6.45) is -5.86. The number of amides is 2. The maximum absolute atomic E-state index is 14.0. The van der Waals surface area contributed by atoms with Crippen molar-refractivity contribution in [3.63, 3.8) is 0 Å². The molecule has 2 amide bonds. The first kappa shape index (κ1) is 66.7. The van der Waals surface area contributed by atoms with Crippen LogP contribution in [0.4, 0.5) is 28.9 Å². The number of benzene rings is 6. The second-order valence-corrected chi connectivity index (χ2v) is 21.1. The molecule has 8 aromatic rings. The maximum atomic E-state index is 14.0. The van der Waals surface area contributed by atoms with Gasteiger partial charge in [-0.2, -0.15) is 0 Å². The molecule has 85 heavy (non-hydrogen) atoms. The standard InChI is InChI=1S/2C33H34F2N2O5.Ca/c2*1-20(2)31-30(33(42)36-25-14-12-24(35)13-15-25)29(21-6-4-3-5-7-21)32(22-8-10-23(34)11-9-22)37(31)17-16-26(38)18-27(39)19-28(40)41;/h2*3-15,20,26-27,38-39H,16-19H2,1-2H3,(H,36,42)(H,40,41);/q;;+2/p-2/t2*26-,27-;/m11./s1. The minimum atomic E-state index is -1.41. The Morgan fingerprint density at radius 3 is 1.01 bits per heavy atom. The third-order valence-electron chi connectivity index (χ3n) is 14.0. The van der Waals surface area contributed by atoms with E-state index >= 15 is 0 Å². The number of rotatable bonds is 24. The number of aliphatic carboxylic acids is 2. The van der Waals surface area contributed by atoms with Crippen LogP contribution in [0.15, 0.2) is 158 Å². The Balaban J connectivity index is 0.000000269. The predicted molar refractivity (Wildman–Crippen MR) is 315 cm³/mol. The Kier molecular flexibility index (Phi) is 24.4. The van der Waals surface area contributed by atoms with E-state index in [0.29, 0.717) is 67.5 Å². The Morgan fingerprint density at radius 2 is 0.729 bits per heavy atom. The van der Waals surface area contributed by atoms with Crippen molar-refractivity contribution in [2.45, 2.75) is 116 Å². The van der Waals surface area contributed by atoms with Crippen molar-refractivity contribution in [1.82, 2.24) is 9.13 Å². The quantitative estimate of drug-likeness (QED) is 0.0248. The number of carbonyl (C=O) groups is 4. The monoisotopic (exact) mass is 1190 g/mol. The van der Waals surface area contributed by atoms with Crippen molar-refractivity contribution in [1.29, 1.82) is 0 Å². The summed E-state index contributed by atoms with van der Waals surface area (Å²) < 4.78 is 59.0. The molecule has 0 spiro atoms. The molecule has 8 rings (SSSR count). The molecule has 2 aromatic heterocycles. The van der Waals surface area contributed by atoms with E-state index in [1.807, 2.05) is 97.5 Å². The van der Waals surface area contributed by atoms with Gasteiger partial charge < -0.3 is 60.0 Å². The Bertz CT molecular complexity index is 3270. The summed E-state index contributed by atoms with van der Waals surface area (Å²) in [4.78, 5) is 49.8. The zero-order valence-electron chi connectivity index (χ0n) is 47.5. The third kappa shape index (κ3) is 17.8. The summed E-state index contributed by atoms with van der Waals surface area (Å²) in [5.41, 5.74) is 8.16. The molecule has 0 fully saturated rings. The summed E-state index contributed by atoms with van der Waals surface area (Å²) in [7, 11) is 0. The van der Waals surface area contributed by atoms with E-state index in [1.165, 1.54) is 72.8 Å². The molecule has 0 bridgehead atoms. The van der Waals surface area contributed by atoms with Crippen LogP contribution in [0.1, 0.15) is 110 Å². The zero-order valence-corrected chi connectivity index (χ0v) is 49.7. The number of carboxylic acids is 2. The van der Waals surface area contributed by atoms with Crippen LogP contribution in [0.2, 0.25) is 0 Å². The number of aliphatic hydroxyl groups is 4. The van der Waals surface area contributed by atoms with Crippen LogP contribution in [-0.2, 0) is 22.7 Å². The minimum absolute atomic E-state index is 0. The van der Waals surface area contributed by atoms with E-state index in [0.717, 1.165) is 11.1 Å². The smallest absolute Gasteiger partial charge is 0.550 e. The van der Waals surface area contributed by atoms with Crippen LogP contribution >= 0.6 is 0 Å². The van der Waals surface area contributed by atoms with Gasteiger partial charge in [-0.25, -0.2) is 17.6 Å². The fraction of sp³-hybridized carbons (Fsp3) is 0.273. The normalized spacial score (nSPS) is 12.6. The summed E-state index contributed by atoms with van der Waals surface area (Å²) >= 11 is 0. The van der Waals surface area contributed by atoms with Crippen molar-refractivity contribution >= 4 is 72.9 Å². The van der Waals surface area contributed by atoms with Crippen LogP contribution in [0.5, 0.6) is 0 Å². The Hall–Kier alpha value is -7.42. The number of anilines is 2. The van der Waals surface area contributed by atoms with Crippen LogP contribution in [0.3, 0.4) is 0 Å². The van der Waals surface area contributed by atoms with Gasteiger partial charge in [-0.05, 0) is 157 Å². The topological polar surface area (TPSA) is 229 Å². The van der Waals surface area contributed by atoms with Gasteiger partial charge in [-0.15, -0.1) is 0 Å². The average Bonchev–Trinajstić information content (AvgIpc) is 1.85. The summed E-state index contributed by atoms with van der Waals surface area (Å²) in [6, 6.07) is 41.3. The molecule has 6 aromatic carbocycles. The second kappa shape index (κ2) is 31.1. The molecule has 0 unspecified atom stereocenters. The first-order valence-electron chi connectivity index (χ1n) is 27.5. The molecule has 0 aliphatic rings. The number of aromatic nitrogens is 2. The van der Waals surface area contributed by atoms with Crippen LogP contribution in [0.25, 0.3) is 44.8 Å². The number of carboxylic acid groups (broad SMARTS) is 2. The summed E-state index contributed by atoms with van der Waals surface area (Å²) in [5.74, 6) is -5.75. The van der Waals surface area contributed by atoms with Gasteiger partial charge in [0.1, 0.15) is 23.3 Å². The van der Waals surface area contributed by atoms with Crippen LogP contribution in [0, 0.1) is 23.3 Å².